The highest BCUT2D eigenvalue weighted by Gasteiger charge is 2.21. The van der Waals surface area contributed by atoms with Crippen molar-refractivity contribution in [1.29, 1.82) is 0 Å². The second kappa shape index (κ2) is 8.73. The molecule has 0 radical (unpaired) electrons. The van der Waals surface area contributed by atoms with Crippen LogP contribution in [0.15, 0.2) is 47.6 Å². The van der Waals surface area contributed by atoms with Crippen LogP contribution in [-0.4, -0.2) is 26.3 Å². The lowest BCUT2D eigenvalue weighted by Crippen LogP contribution is -2.29. The summed E-state index contributed by atoms with van der Waals surface area (Å²) in [4.78, 5) is 12.0. The van der Waals surface area contributed by atoms with Crippen LogP contribution in [0.2, 0.25) is 10.0 Å². The van der Waals surface area contributed by atoms with E-state index in [1.165, 1.54) is 4.31 Å². The van der Waals surface area contributed by atoms with E-state index in [1.54, 1.807) is 56.3 Å². The predicted molar refractivity (Wildman–Crippen MR) is 110 cm³/mol. The first kappa shape index (κ1) is 21.2. The topological polar surface area (TPSA) is 78.8 Å². The number of halogens is 2. The van der Waals surface area contributed by atoms with Crippen LogP contribution in [0.4, 0.5) is 5.69 Å². The van der Waals surface area contributed by atoms with Crippen molar-refractivity contribution in [3.05, 3.63) is 63.6 Å². The predicted octanol–water partition coefficient (Wildman–Crippen LogP) is 4.09. The molecule has 0 unspecified atom stereocenters. The minimum absolute atomic E-state index is 0.0486. The molecule has 144 valence electrons. The first-order valence-corrected chi connectivity index (χ1v) is 10.5. The lowest BCUT2D eigenvalue weighted by atomic mass is 10.1. The van der Waals surface area contributed by atoms with Gasteiger partial charge in [0.2, 0.25) is 10.0 Å². The molecular weight excluding hydrogens is 409 g/mol. The van der Waals surface area contributed by atoms with Crippen molar-refractivity contribution < 1.29 is 13.2 Å². The third-order valence-electron chi connectivity index (χ3n) is 3.52. The van der Waals surface area contributed by atoms with Crippen molar-refractivity contribution in [1.82, 2.24) is 5.43 Å². The smallest absolute Gasteiger partial charge is 0.267 e. The molecule has 0 bridgehead atoms. The Balaban J connectivity index is 2.28. The summed E-state index contributed by atoms with van der Waals surface area (Å²) in [6.45, 7) is 3.58. The lowest BCUT2D eigenvalue weighted by molar-refractivity contribution is 0.0954. The monoisotopic (exact) mass is 427 g/mol. The summed E-state index contributed by atoms with van der Waals surface area (Å²) in [5.74, 6) is -0.347. The van der Waals surface area contributed by atoms with Crippen LogP contribution in [0.5, 0.6) is 0 Å². The molecule has 0 aromatic heterocycles. The Morgan fingerprint density at radius 1 is 1.11 bits per heavy atom. The van der Waals surface area contributed by atoms with Gasteiger partial charge in [-0.3, -0.25) is 9.10 Å². The molecule has 0 saturated carbocycles. The minimum Gasteiger partial charge on any atom is -0.267 e. The Bertz CT molecular complexity index is 970. The zero-order chi connectivity index (χ0) is 20.2. The third-order valence-corrected chi connectivity index (χ3v) is 5.46. The first-order valence-electron chi connectivity index (χ1n) is 7.91. The van der Waals surface area contributed by atoms with Crippen molar-refractivity contribution in [3.63, 3.8) is 0 Å². The molecule has 27 heavy (non-hydrogen) atoms. The van der Waals surface area contributed by atoms with Gasteiger partial charge in [-0.15, -0.1) is 0 Å². The molecule has 9 heteroatoms. The van der Waals surface area contributed by atoms with E-state index in [2.05, 4.69) is 10.5 Å². The normalized spacial score (nSPS) is 11.0. The second-order valence-corrected chi connectivity index (χ2v) is 8.73. The highest BCUT2D eigenvalue weighted by atomic mass is 35.5. The number of hydrogen-bond donors (Lipinski definition) is 1. The summed E-state index contributed by atoms with van der Waals surface area (Å²) >= 11 is 12.2. The summed E-state index contributed by atoms with van der Waals surface area (Å²) in [5, 5.41) is 4.29. The number of carbonyl (C=O) groups is 1. The zero-order valence-corrected chi connectivity index (χ0v) is 17.4. The molecule has 2 rings (SSSR count). The number of anilines is 1. The van der Waals surface area contributed by atoms with E-state index >= 15 is 0 Å². The summed E-state index contributed by atoms with van der Waals surface area (Å²) in [7, 11) is -3.61. The number of nitrogens with zero attached hydrogens (tertiary/aromatic N) is 2. The van der Waals surface area contributed by atoms with Crippen molar-refractivity contribution in [2.24, 2.45) is 5.10 Å². The van der Waals surface area contributed by atoms with Gasteiger partial charge < -0.3 is 0 Å². The molecule has 6 nitrogen and oxygen atoms in total. The van der Waals surface area contributed by atoms with E-state index in [9.17, 15) is 13.2 Å². The Kier molecular flexibility index (Phi) is 6.86. The van der Waals surface area contributed by atoms with Gasteiger partial charge in [-0.25, -0.2) is 13.8 Å². The van der Waals surface area contributed by atoms with Gasteiger partial charge in [0.1, 0.15) is 0 Å². The van der Waals surface area contributed by atoms with Gasteiger partial charge in [-0.05, 0) is 43.7 Å². The Morgan fingerprint density at radius 3 is 2.30 bits per heavy atom. The van der Waals surface area contributed by atoms with Crippen molar-refractivity contribution in [2.75, 3.05) is 10.6 Å². The van der Waals surface area contributed by atoms with Gasteiger partial charge in [-0.1, -0.05) is 41.4 Å². The van der Waals surface area contributed by atoms with E-state index in [-0.39, 0.29) is 22.5 Å². The number of sulfonamides is 1. The van der Waals surface area contributed by atoms with E-state index in [4.69, 9.17) is 23.2 Å². The van der Waals surface area contributed by atoms with E-state index in [0.717, 1.165) is 12.0 Å². The van der Waals surface area contributed by atoms with Gasteiger partial charge in [0.05, 0.1) is 28.5 Å². The number of benzene rings is 2. The molecule has 0 aliphatic heterocycles. The molecule has 2 aromatic rings. The molecule has 0 spiro atoms. The molecule has 0 atom stereocenters. The van der Waals surface area contributed by atoms with Crippen LogP contribution in [0.25, 0.3) is 0 Å². The van der Waals surface area contributed by atoms with E-state index in [1.807, 2.05) is 0 Å². The van der Waals surface area contributed by atoms with Gasteiger partial charge in [0, 0.05) is 11.3 Å². The fourth-order valence-corrected chi connectivity index (χ4v) is 3.56. The van der Waals surface area contributed by atoms with E-state index < -0.39 is 10.0 Å². The fraction of sp³-hybridized carbons (Fsp3) is 0.222. The summed E-state index contributed by atoms with van der Waals surface area (Å²) in [6, 6.07) is 11.4. The number of amides is 1. The van der Waals surface area contributed by atoms with Crippen LogP contribution in [-0.2, 0) is 16.6 Å². The molecule has 1 N–H and O–H groups in total. The maximum atomic E-state index is 12.3. The van der Waals surface area contributed by atoms with Crippen LogP contribution < -0.4 is 9.73 Å². The molecule has 0 saturated heterocycles. The minimum atomic E-state index is -3.61. The first-order chi connectivity index (χ1) is 12.6. The average Bonchev–Trinajstić information content (AvgIpc) is 2.60. The van der Waals surface area contributed by atoms with Gasteiger partial charge >= 0.3 is 0 Å². The van der Waals surface area contributed by atoms with Gasteiger partial charge in [0.15, 0.2) is 0 Å². The van der Waals surface area contributed by atoms with Crippen molar-refractivity contribution >= 4 is 50.5 Å². The molecule has 0 aliphatic carbocycles. The number of rotatable bonds is 6. The second-order valence-electron chi connectivity index (χ2n) is 6.04. The quantitative estimate of drug-likeness (QED) is 0.556. The molecule has 1 amide bonds. The Morgan fingerprint density at radius 2 is 1.74 bits per heavy atom. The standard InChI is InChI=1S/C18H19Cl2N3O3S/c1-12(2)21-22-18(24)14-9-7-13(8-10-14)11-23(27(3,25)26)16-6-4-5-15(19)17(16)20/h4-10H,11H2,1-3H3,(H,22,24). The maximum absolute atomic E-state index is 12.3. The van der Waals surface area contributed by atoms with E-state index in [0.29, 0.717) is 16.8 Å². The SMILES string of the molecule is CC(C)=NNC(=O)c1ccc(CN(c2cccc(Cl)c2Cl)S(C)(=O)=O)cc1. The van der Waals surface area contributed by atoms with Gasteiger partial charge in [-0.2, -0.15) is 5.10 Å². The number of hydrazone groups is 1. The summed E-state index contributed by atoms with van der Waals surface area (Å²) < 4.78 is 25.7. The average molecular weight is 428 g/mol. The molecule has 0 heterocycles. The van der Waals surface area contributed by atoms with Crippen LogP contribution in [0.1, 0.15) is 29.8 Å². The largest absolute Gasteiger partial charge is 0.271 e. The third kappa shape index (κ3) is 5.69. The molecular formula is C18H19Cl2N3O3S. The Hall–Kier alpha value is -2.09. The Labute approximate surface area is 168 Å². The number of hydrogen-bond acceptors (Lipinski definition) is 4. The highest BCUT2D eigenvalue weighted by Crippen LogP contribution is 2.34. The fourth-order valence-electron chi connectivity index (χ4n) is 2.22. The summed E-state index contributed by atoms with van der Waals surface area (Å²) in [6.07, 6.45) is 1.09. The highest BCUT2D eigenvalue weighted by molar-refractivity contribution is 7.92. The van der Waals surface area contributed by atoms with Crippen molar-refractivity contribution in [3.8, 4) is 0 Å². The molecule has 0 fully saturated rings. The lowest BCUT2D eigenvalue weighted by Gasteiger charge is -2.24. The zero-order valence-electron chi connectivity index (χ0n) is 15.0. The van der Waals surface area contributed by atoms with Crippen LogP contribution in [0, 0.1) is 0 Å². The van der Waals surface area contributed by atoms with Crippen molar-refractivity contribution in [2.45, 2.75) is 20.4 Å². The summed E-state index contributed by atoms with van der Waals surface area (Å²) in [5.41, 5.74) is 4.55. The van der Waals surface area contributed by atoms with Crippen LogP contribution >= 0.6 is 23.2 Å². The van der Waals surface area contributed by atoms with Crippen LogP contribution in [0.3, 0.4) is 0 Å². The molecule has 0 aliphatic rings. The number of carbonyl (C=O) groups excluding carboxylic acids is 1. The maximum Gasteiger partial charge on any atom is 0.271 e. The number of nitrogens with one attached hydrogen (secondary N) is 1. The van der Waals surface area contributed by atoms with Gasteiger partial charge in [0.25, 0.3) is 5.91 Å². The molecule has 2 aromatic carbocycles.